The average molecular weight is 328 g/mol. The molecule has 0 atom stereocenters. The molecule has 2 amide bonds. The zero-order valence-electron chi connectivity index (χ0n) is 9.64. The molecule has 3 N–H and O–H groups in total. The molecule has 0 bridgehead atoms. The van der Waals surface area contributed by atoms with E-state index < -0.39 is 5.91 Å². The molecule has 2 rings (SSSR count). The van der Waals surface area contributed by atoms with Crippen LogP contribution in [0, 0.1) is 0 Å². The van der Waals surface area contributed by atoms with Crippen molar-refractivity contribution in [2.24, 2.45) is 0 Å². The molecule has 19 heavy (non-hydrogen) atoms. The number of aromatic nitrogens is 3. The Morgan fingerprint density at radius 2 is 2.21 bits per heavy atom. The molecular weight excluding hydrogens is 318 g/mol. The number of halogens is 1. The highest BCUT2D eigenvalue weighted by Gasteiger charge is 2.11. The first-order valence-electron chi connectivity index (χ1n) is 5.29. The van der Waals surface area contributed by atoms with Crippen molar-refractivity contribution in [1.29, 1.82) is 0 Å². The second kappa shape index (κ2) is 6.14. The van der Waals surface area contributed by atoms with Gasteiger partial charge in [0.25, 0.3) is 5.91 Å². The van der Waals surface area contributed by atoms with E-state index in [1.54, 1.807) is 6.07 Å². The van der Waals surface area contributed by atoms with Crippen molar-refractivity contribution >= 4 is 27.7 Å². The van der Waals surface area contributed by atoms with E-state index in [2.05, 4.69) is 41.7 Å². The number of nitrogens with zero attached hydrogens (tertiary/aromatic N) is 2. The summed E-state index contributed by atoms with van der Waals surface area (Å²) in [5.74, 6) is -0.125. The molecule has 100 valence electrons. The van der Waals surface area contributed by atoms with Gasteiger partial charge in [0.05, 0.1) is 13.1 Å². The van der Waals surface area contributed by atoms with Crippen LogP contribution in [0.25, 0.3) is 0 Å². The Morgan fingerprint density at radius 3 is 2.84 bits per heavy atom. The highest BCUT2D eigenvalue weighted by Crippen LogP contribution is 2.13. The van der Waals surface area contributed by atoms with Crippen LogP contribution in [-0.4, -0.2) is 33.5 Å². The van der Waals surface area contributed by atoms with Crippen LogP contribution in [0.3, 0.4) is 0 Å². The van der Waals surface area contributed by atoms with Gasteiger partial charge in [0, 0.05) is 0 Å². The third-order valence-electron chi connectivity index (χ3n) is 2.12. The first-order chi connectivity index (χ1) is 9.15. The van der Waals surface area contributed by atoms with Gasteiger partial charge >= 0.3 is 0 Å². The predicted molar refractivity (Wildman–Crippen MR) is 67.0 cm³/mol. The molecule has 0 aliphatic heterocycles. The monoisotopic (exact) mass is 327 g/mol. The van der Waals surface area contributed by atoms with E-state index >= 15 is 0 Å². The number of aromatic amines is 1. The minimum absolute atomic E-state index is 0.134. The van der Waals surface area contributed by atoms with Crippen LogP contribution in [0.2, 0.25) is 0 Å². The number of H-pyrrole nitrogens is 1. The first-order valence-corrected chi connectivity index (χ1v) is 6.09. The molecular formula is C10H10BrN5O3. The standard InChI is InChI=1S/C10H10BrN5O3/c11-7-2-1-6(19-7)10(18)13-4-9(17)12-3-8-14-5-15-16-8/h1-2,5H,3-4H2,(H,12,17)(H,13,18)(H,14,15,16). The van der Waals surface area contributed by atoms with Crippen molar-refractivity contribution in [2.45, 2.75) is 6.54 Å². The van der Waals surface area contributed by atoms with Crippen molar-refractivity contribution in [2.75, 3.05) is 6.54 Å². The number of rotatable bonds is 5. The summed E-state index contributed by atoms with van der Waals surface area (Å²) in [6, 6.07) is 3.10. The van der Waals surface area contributed by atoms with E-state index in [-0.39, 0.29) is 24.8 Å². The lowest BCUT2D eigenvalue weighted by molar-refractivity contribution is -0.120. The molecule has 2 heterocycles. The maximum atomic E-state index is 11.6. The van der Waals surface area contributed by atoms with Gasteiger partial charge in [0.1, 0.15) is 12.2 Å². The molecule has 0 aliphatic rings. The van der Waals surface area contributed by atoms with Crippen molar-refractivity contribution < 1.29 is 14.0 Å². The fourth-order valence-corrected chi connectivity index (χ4v) is 1.55. The molecule has 0 saturated heterocycles. The van der Waals surface area contributed by atoms with E-state index in [0.29, 0.717) is 10.5 Å². The lowest BCUT2D eigenvalue weighted by Crippen LogP contribution is -2.36. The predicted octanol–water partition coefficient (Wildman–Crippen LogP) is 0.206. The summed E-state index contributed by atoms with van der Waals surface area (Å²) in [4.78, 5) is 26.9. The van der Waals surface area contributed by atoms with Gasteiger partial charge in [-0.3, -0.25) is 14.7 Å². The molecule has 8 nitrogen and oxygen atoms in total. The van der Waals surface area contributed by atoms with Crippen molar-refractivity contribution in [3.05, 3.63) is 34.7 Å². The molecule has 0 spiro atoms. The molecule has 0 aliphatic carbocycles. The largest absolute Gasteiger partial charge is 0.444 e. The third-order valence-corrected chi connectivity index (χ3v) is 2.55. The van der Waals surface area contributed by atoms with Crippen molar-refractivity contribution in [1.82, 2.24) is 25.8 Å². The lowest BCUT2D eigenvalue weighted by Gasteiger charge is -2.04. The SMILES string of the molecule is O=C(CNC(=O)c1ccc(Br)o1)NCc1ncn[nH]1. The molecule has 0 radical (unpaired) electrons. The minimum Gasteiger partial charge on any atom is -0.444 e. The van der Waals surface area contributed by atoms with Gasteiger partial charge in [0.2, 0.25) is 5.91 Å². The van der Waals surface area contributed by atoms with E-state index in [1.165, 1.54) is 12.4 Å². The summed E-state index contributed by atoms with van der Waals surface area (Å²) in [6.45, 7) is 0.0757. The fourth-order valence-electron chi connectivity index (χ4n) is 1.24. The number of carbonyl (C=O) groups excluding carboxylic acids is 2. The fraction of sp³-hybridized carbons (Fsp3) is 0.200. The van der Waals surface area contributed by atoms with E-state index in [1.807, 2.05) is 0 Å². The van der Waals surface area contributed by atoms with Crippen LogP contribution >= 0.6 is 15.9 Å². The topological polar surface area (TPSA) is 113 Å². The molecule has 2 aromatic rings. The maximum absolute atomic E-state index is 11.6. The number of carbonyl (C=O) groups is 2. The summed E-state index contributed by atoms with van der Waals surface area (Å²) in [5.41, 5.74) is 0. The minimum atomic E-state index is -0.458. The Bertz CT molecular complexity index is 565. The van der Waals surface area contributed by atoms with Gasteiger partial charge in [-0.15, -0.1) is 0 Å². The quantitative estimate of drug-likeness (QED) is 0.726. The Kier molecular flexibility index (Phi) is 4.29. The molecule has 0 aromatic carbocycles. The summed E-state index contributed by atoms with van der Waals surface area (Å²) in [6.07, 6.45) is 1.35. The van der Waals surface area contributed by atoms with Crippen LogP contribution < -0.4 is 10.6 Å². The van der Waals surface area contributed by atoms with Gasteiger partial charge in [-0.2, -0.15) is 5.10 Å². The summed E-state index contributed by atoms with van der Waals surface area (Å²) in [5, 5.41) is 11.2. The van der Waals surface area contributed by atoms with Gasteiger partial charge in [-0.25, -0.2) is 4.98 Å². The summed E-state index contributed by atoms with van der Waals surface area (Å²) < 4.78 is 5.50. The summed E-state index contributed by atoms with van der Waals surface area (Å²) >= 11 is 3.09. The van der Waals surface area contributed by atoms with Crippen molar-refractivity contribution in [3.63, 3.8) is 0 Å². The maximum Gasteiger partial charge on any atom is 0.287 e. The van der Waals surface area contributed by atoms with Crippen LogP contribution in [0.1, 0.15) is 16.4 Å². The number of furan rings is 1. The Morgan fingerprint density at radius 1 is 1.37 bits per heavy atom. The first kappa shape index (κ1) is 13.3. The van der Waals surface area contributed by atoms with Crippen LogP contribution in [0.4, 0.5) is 0 Å². The normalized spacial score (nSPS) is 10.2. The second-order valence-electron chi connectivity index (χ2n) is 3.50. The van der Waals surface area contributed by atoms with Crippen LogP contribution in [0.5, 0.6) is 0 Å². The zero-order chi connectivity index (χ0) is 13.7. The lowest BCUT2D eigenvalue weighted by atomic mass is 10.4. The number of hydrogen-bond donors (Lipinski definition) is 3. The number of amides is 2. The molecule has 0 fully saturated rings. The molecule has 9 heteroatoms. The van der Waals surface area contributed by atoms with E-state index in [4.69, 9.17) is 4.42 Å². The van der Waals surface area contributed by atoms with Crippen molar-refractivity contribution in [3.8, 4) is 0 Å². The Balaban J connectivity index is 1.73. The molecule has 0 unspecified atom stereocenters. The van der Waals surface area contributed by atoms with Gasteiger partial charge in [0.15, 0.2) is 10.4 Å². The van der Waals surface area contributed by atoms with E-state index in [9.17, 15) is 9.59 Å². The second-order valence-corrected chi connectivity index (χ2v) is 4.28. The highest BCUT2D eigenvalue weighted by atomic mass is 79.9. The van der Waals surface area contributed by atoms with Crippen LogP contribution in [0.15, 0.2) is 27.5 Å². The van der Waals surface area contributed by atoms with Gasteiger partial charge < -0.3 is 15.1 Å². The number of hydrogen-bond acceptors (Lipinski definition) is 5. The zero-order valence-corrected chi connectivity index (χ0v) is 11.2. The molecule has 0 saturated carbocycles. The van der Waals surface area contributed by atoms with Gasteiger partial charge in [-0.05, 0) is 28.1 Å². The average Bonchev–Trinajstić information content (AvgIpc) is 3.04. The van der Waals surface area contributed by atoms with Gasteiger partial charge in [-0.1, -0.05) is 0 Å². The van der Waals surface area contributed by atoms with Crippen LogP contribution in [-0.2, 0) is 11.3 Å². The molecule has 2 aromatic heterocycles. The Labute approximate surface area is 116 Å². The summed E-state index contributed by atoms with van der Waals surface area (Å²) in [7, 11) is 0. The smallest absolute Gasteiger partial charge is 0.287 e. The van der Waals surface area contributed by atoms with E-state index in [0.717, 1.165) is 0 Å². The third kappa shape index (κ3) is 3.91. The highest BCUT2D eigenvalue weighted by molar-refractivity contribution is 9.10. The Hall–Kier alpha value is -2.16. The number of nitrogens with one attached hydrogen (secondary N) is 3.